The van der Waals surface area contributed by atoms with Crippen LogP contribution in [0.15, 0.2) is 24.3 Å². The number of ketones is 1. The van der Waals surface area contributed by atoms with Gasteiger partial charge in [-0.05, 0) is 11.1 Å². The molecule has 0 heterocycles. The van der Waals surface area contributed by atoms with Crippen molar-refractivity contribution in [2.45, 2.75) is 26.7 Å². The first-order valence-electron chi connectivity index (χ1n) is 4.45. The minimum Gasteiger partial charge on any atom is -0.299 e. The minimum atomic E-state index is 0.348. The van der Waals surface area contributed by atoms with Gasteiger partial charge < -0.3 is 0 Å². The smallest absolute Gasteiger partial charge is 0.141 e. The van der Waals surface area contributed by atoms with Gasteiger partial charge in [-0.3, -0.25) is 4.79 Å². The molecule has 1 heteroatoms. The van der Waals surface area contributed by atoms with Gasteiger partial charge in [-0.25, -0.2) is 0 Å². The Balaban J connectivity index is 0.000000336. The largest absolute Gasteiger partial charge is 0.299 e. The Hall–Kier alpha value is -1.11. The second-order valence-electron chi connectivity index (χ2n) is 2.66. The molecule has 12 heavy (non-hydrogen) atoms. The average Bonchev–Trinajstić information content (AvgIpc) is 2.48. The SMILES string of the molecule is CC.O=C1Cc2ccccc2C1. The molecule has 64 valence electrons. The molecule has 0 N–H and O–H groups in total. The van der Waals surface area contributed by atoms with E-state index in [1.54, 1.807) is 0 Å². The maximum atomic E-state index is 10.9. The number of fused-ring (bicyclic) bond motifs is 1. The van der Waals surface area contributed by atoms with Crippen LogP contribution in [0.4, 0.5) is 0 Å². The Morgan fingerprint density at radius 3 is 1.83 bits per heavy atom. The van der Waals surface area contributed by atoms with Crippen molar-refractivity contribution in [3.05, 3.63) is 35.4 Å². The number of carbonyl (C=O) groups excluding carboxylic acids is 1. The van der Waals surface area contributed by atoms with Crippen LogP contribution in [-0.2, 0) is 17.6 Å². The molecule has 0 bridgehead atoms. The van der Waals surface area contributed by atoms with Crippen molar-refractivity contribution in [1.29, 1.82) is 0 Å². The monoisotopic (exact) mass is 162 g/mol. The van der Waals surface area contributed by atoms with Gasteiger partial charge in [-0.2, -0.15) is 0 Å². The van der Waals surface area contributed by atoms with E-state index in [9.17, 15) is 4.79 Å². The fraction of sp³-hybridized carbons (Fsp3) is 0.364. The highest BCUT2D eigenvalue weighted by molar-refractivity contribution is 5.87. The van der Waals surface area contributed by atoms with Crippen LogP contribution in [0.3, 0.4) is 0 Å². The summed E-state index contributed by atoms with van der Waals surface area (Å²) >= 11 is 0. The van der Waals surface area contributed by atoms with E-state index in [-0.39, 0.29) is 0 Å². The molecule has 2 rings (SSSR count). The standard InChI is InChI=1S/C9H8O.C2H6/c10-9-5-7-3-1-2-4-8(7)6-9;1-2/h1-4H,5-6H2;1-2H3. The van der Waals surface area contributed by atoms with Gasteiger partial charge >= 0.3 is 0 Å². The third kappa shape index (κ3) is 1.73. The highest BCUT2D eigenvalue weighted by Crippen LogP contribution is 2.17. The van der Waals surface area contributed by atoms with E-state index in [2.05, 4.69) is 0 Å². The van der Waals surface area contributed by atoms with Crippen molar-refractivity contribution in [3.8, 4) is 0 Å². The molecule has 0 amide bonds. The average molecular weight is 162 g/mol. The predicted molar refractivity (Wildman–Crippen MR) is 50.2 cm³/mol. The first-order chi connectivity index (χ1) is 5.86. The first kappa shape index (κ1) is 8.98. The van der Waals surface area contributed by atoms with Crippen molar-refractivity contribution in [2.24, 2.45) is 0 Å². The number of Topliss-reactive ketones (excluding diaryl/α,β-unsaturated/α-hetero) is 1. The van der Waals surface area contributed by atoms with Crippen LogP contribution >= 0.6 is 0 Å². The van der Waals surface area contributed by atoms with Gasteiger partial charge in [0, 0.05) is 12.8 Å². The number of rotatable bonds is 0. The summed E-state index contributed by atoms with van der Waals surface area (Å²) in [5, 5.41) is 0. The molecule has 1 aliphatic rings. The summed E-state index contributed by atoms with van der Waals surface area (Å²) in [6, 6.07) is 8.02. The molecule has 1 aromatic rings. The molecule has 0 saturated heterocycles. The fourth-order valence-electron chi connectivity index (χ4n) is 1.39. The Kier molecular flexibility index (Phi) is 3.03. The first-order valence-corrected chi connectivity index (χ1v) is 4.45. The zero-order valence-electron chi connectivity index (χ0n) is 7.63. The maximum absolute atomic E-state index is 10.9. The topological polar surface area (TPSA) is 17.1 Å². The van der Waals surface area contributed by atoms with Gasteiger partial charge in [0.15, 0.2) is 0 Å². The molecule has 1 aromatic carbocycles. The van der Waals surface area contributed by atoms with Crippen molar-refractivity contribution >= 4 is 5.78 Å². The summed E-state index contributed by atoms with van der Waals surface area (Å²) in [7, 11) is 0. The number of carbonyl (C=O) groups is 1. The molecule has 0 radical (unpaired) electrons. The van der Waals surface area contributed by atoms with Gasteiger partial charge in [-0.1, -0.05) is 38.1 Å². The number of hydrogen-bond donors (Lipinski definition) is 0. The van der Waals surface area contributed by atoms with Crippen LogP contribution < -0.4 is 0 Å². The molecule has 1 aliphatic carbocycles. The highest BCUT2D eigenvalue weighted by Gasteiger charge is 2.16. The van der Waals surface area contributed by atoms with Crippen LogP contribution in [0.25, 0.3) is 0 Å². The summed E-state index contributed by atoms with van der Waals surface area (Å²) in [4.78, 5) is 10.9. The summed E-state index contributed by atoms with van der Waals surface area (Å²) in [6.45, 7) is 4.00. The molecule has 0 fully saturated rings. The van der Waals surface area contributed by atoms with Gasteiger partial charge in [0.25, 0.3) is 0 Å². The Morgan fingerprint density at radius 1 is 1.00 bits per heavy atom. The van der Waals surface area contributed by atoms with E-state index in [1.165, 1.54) is 11.1 Å². The fourth-order valence-corrected chi connectivity index (χ4v) is 1.39. The van der Waals surface area contributed by atoms with Crippen molar-refractivity contribution in [3.63, 3.8) is 0 Å². The van der Waals surface area contributed by atoms with E-state index in [4.69, 9.17) is 0 Å². The van der Waals surface area contributed by atoms with E-state index < -0.39 is 0 Å². The Morgan fingerprint density at radius 2 is 1.42 bits per heavy atom. The van der Waals surface area contributed by atoms with Crippen LogP contribution in [0, 0.1) is 0 Å². The second kappa shape index (κ2) is 4.05. The zero-order valence-corrected chi connectivity index (χ0v) is 7.63. The van der Waals surface area contributed by atoms with Crippen LogP contribution in [0.5, 0.6) is 0 Å². The quantitative estimate of drug-likeness (QED) is 0.572. The summed E-state index contributed by atoms with van der Waals surface area (Å²) in [5.41, 5.74) is 2.43. The molecular weight excluding hydrogens is 148 g/mol. The van der Waals surface area contributed by atoms with Crippen molar-refractivity contribution in [1.82, 2.24) is 0 Å². The summed E-state index contributed by atoms with van der Waals surface area (Å²) < 4.78 is 0. The lowest BCUT2D eigenvalue weighted by Crippen LogP contribution is -1.92. The lowest BCUT2D eigenvalue weighted by molar-refractivity contribution is -0.117. The van der Waals surface area contributed by atoms with Gasteiger partial charge in [0.2, 0.25) is 0 Å². The Bertz CT molecular complexity index is 249. The highest BCUT2D eigenvalue weighted by atomic mass is 16.1. The van der Waals surface area contributed by atoms with Crippen LogP contribution in [0.2, 0.25) is 0 Å². The summed E-state index contributed by atoms with van der Waals surface area (Å²) in [6.07, 6.45) is 1.30. The van der Waals surface area contributed by atoms with Crippen molar-refractivity contribution in [2.75, 3.05) is 0 Å². The van der Waals surface area contributed by atoms with E-state index in [1.807, 2.05) is 38.1 Å². The third-order valence-corrected chi connectivity index (χ3v) is 1.89. The molecule has 0 atom stereocenters. The normalized spacial score (nSPS) is 13.3. The molecule has 0 aliphatic heterocycles. The van der Waals surface area contributed by atoms with Gasteiger partial charge in [0.1, 0.15) is 5.78 Å². The van der Waals surface area contributed by atoms with E-state index in [0.717, 1.165) is 0 Å². The predicted octanol–water partition coefficient (Wildman–Crippen LogP) is 2.38. The number of hydrogen-bond acceptors (Lipinski definition) is 1. The maximum Gasteiger partial charge on any atom is 0.141 e. The molecule has 0 spiro atoms. The second-order valence-corrected chi connectivity index (χ2v) is 2.66. The lowest BCUT2D eigenvalue weighted by atomic mass is 10.1. The van der Waals surface area contributed by atoms with Crippen LogP contribution in [-0.4, -0.2) is 5.78 Å². The lowest BCUT2D eigenvalue weighted by Gasteiger charge is -1.91. The molecular formula is C11H14O. The van der Waals surface area contributed by atoms with Crippen LogP contribution in [0.1, 0.15) is 25.0 Å². The molecule has 0 saturated carbocycles. The molecule has 1 nitrogen and oxygen atoms in total. The van der Waals surface area contributed by atoms with E-state index in [0.29, 0.717) is 18.6 Å². The molecule has 0 aromatic heterocycles. The van der Waals surface area contributed by atoms with Gasteiger partial charge in [0.05, 0.1) is 0 Å². The van der Waals surface area contributed by atoms with Crippen molar-refractivity contribution < 1.29 is 4.79 Å². The Labute approximate surface area is 73.4 Å². The number of benzene rings is 1. The zero-order chi connectivity index (χ0) is 8.97. The molecule has 0 unspecified atom stereocenters. The van der Waals surface area contributed by atoms with E-state index >= 15 is 0 Å². The minimum absolute atomic E-state index is 0.348. The third-order valence-electron chi connectivity index (χ3n) is 1.89. The van der Waals surface area contributed by atoms with Gasteiger partial charge in [-0.15, -0.1) is 0 Å². The summed E-state index contributed by atoms with van der Waals surface area (Å²) in [5.74, 6) is 0.348.